The summed E-state index contributed by atoms with van der Waals surface area (Å²) in [4.78, 5) is 58.0. The lowest BCUT2D eigenvalue weighted by Crippen LogP contribution is -2.42. The van der Waals surface area contributed by atoms with Crippen molar-refractivity contribution in [3.05, 3.63) is 97.4 Å². The highest BCUT2D eigenvalue weighted by Gasteiger charge is 2.70. The molecule has 4 unspecified atom stereocenters. The smallest absolute Gasteiger partial charge is 0.416 e. The Hall–Kier alpha value is -4.27. The molecule has 0 spiro atoms. The Morgan fingerprint density at radius 3 is 2.48 bits per heavy atom. The van der Waals surface area contributed by atoms with E-state index < -0.39 is 47.2 Å². The molecule has 2 bridgehead atoms. The summed E-state index contributed by atoms with van der Waals surface area (Å²) in [5.41, 5.74) is 0.144. The van der Waals surface area contributed by atoms with Crippen LogP contribution in [0.5, 0.6) is 11.5 Å². The predicted molar refractivity (Wildman–Crippen MR) is 181 cm³/mol. The van der Waals surface area contributed by atoms with Gasteiger partial charge in [0.25, 0.3) is 5.91 Å². The van der Waals surface area contributed by atoms with Crippen molar-refractivity contribution in [3.8, 4) is 11.5 Å². The van der Waals surface area contributed by atoms with E-state index in [0.29, 0.717) is 39.2 Å². The molecule has 4 aromatic rings. The Balaban J connectivity index is 1.12. The zero-order valence-corrected chi connectivity index (χ0v) is 28.4. The summed E-state index contributed by atoms with van der Waals surface area (Å²) < 4.78 is 52.0. The molecule has 0 radical (unpaired) electrons. The molecule has 1 saturated heterocycles. The van der Waals surface area contributed by atoms with Crippen molar-refractivity contribution in [1.82, 2.24) is 4.98 Å². The average Bonchev–Trinajstić information content (AvgIpc) is 3.82. The third-order valence-corrected chi connectivity index (χ3v) is 13.0. The molecule has 3 fully saturated rings. The third-order valence-electron chi connectivity index (χ3n) is 10.2. The van der Waals surface area contributed by atoms with Crippen molar-refractivity contribution in [1.29, 1.82) is 0 Å². The summed E-state index contributed by atoms with van der Waals surface area (Å²) in [6, 6.07) is 16.2. The largest absolute Gasteiger partial charge is 0.497 e. The number of rotatable bonds is 7. The molecule has 3 heterocycles. The summed E-state index contributed by atoms with van der Waals surface area (Å²) in [5, 5.41) is 3.66. The lowest BCUT2D eigenvalue weighted by Gasteiger charge is -2.43. The van der Waals surface area contributed by atoms with Gasteiger partial charge in [-0.3, -0.25) is 24.1 Å². The van der Waals surface area contributed by atoms with Crippen molar-refractivity contribution >= 4 is 63.8 Å². The second-order valence-electron chi connectivity index (χ2n) is 12.8. The van der Waals surface area contributed by atoms with Crippen LogP contribution in [0.2, 0.25) is 5.02 Å². The number of amides is 3. The number of H-pyrrole nitrogens is 1. The highest BCUT2D eigenvalue weighted by molar-refractivity contribution is 8.00. The maximum absolute atomic E-state index is 14.1. The minimum Gasteiger partial charge on any atom is -0.497 e. The first kappa shape index (κ1) is 32.9. The van der Waals surface area contributed by atoms with Crippen LogP contribution >= 0.6 is 34.7 Å². The number of thioether (sulfide) groups is 1. The van der Waals surface area contributed by atoms with Gasteiger partial charge in [0.2, 0.25) is 11.8 Å². The number of nitrogens with zero attached hydrogens (tertiary/aromatic N) is 1. The molecular formula is C35H27ClF3N3O6S2. The maximum Gasteiger partial charge on any atom is 0.416 e. The first-order chi connectivity index (χ1) is 23.9. The van der Waals surface area contributed by atoms with E-state index in [1.54, 1.807) is 49.6 Å². The van der Waals surface area contributed by atoms with Gasteiger partial charge < -0.3 is 19.8 Å². The molecule has 2 aliphatic carbocycles. The molecule has 15 heteroatoms. The number of aromatic amines is 1. The summed E-state index contributed by atoms with van der Waals surface area (Å²) in [6.07, 6.45) is -4.07. The minimum absolute atomic E-state index is 0.0994. The number of nitrogens with one attached hydrogen (secondary N) is 2. The first-order valence-corrected chi connectivity index (χ1v) is 17.8. The number of hydrogen-bond acceptors (Lipinski definition) is 8. The normalized spacial score (nSPS) is 26.4. The van der Waals surface area contributed by atoms with Gasteiger partial charge in [0.05, 0.1) is 35.2 Å². The number of fused-ring (bicyclic) bond motifs is 9. The van der Waals surface area contributed by atoms with Crippen LogP contribution in [-0.4, -0.2) is 41.7 Å². The van der Waals surface area contributed by atoms with Crippen molar-refractivity contribution in [2.45, 2.75) is 28.8 Å². The van der Waals surface area contributed by atoms with E-state index in [4.69, 9.17) is 21.1 Å². The van der Waals surface area contributed by atoms with Crippen LogP contribution in [0, 0.1) is 29.6 Å². The van der Waals surface area contributed by atoms with Crippen LogP contribution < -0.4 is 24.6 Å². The van der Waals surface area contributed by atoms with Gasteiger partial charge in [0.1, 0.15) is 11.5 Å². The van der Waals surface area contributed by atoms with Gasteiger partial charge in [-0.1, -0.05) is 29.0 Å². The van der Waals surface area contributed by atoms with E-state index in [0.717, 1.165) is 33.2 Å². The number of ether oxygens (including phenoxy) is 2. The monoisotopic (exact) mass is 741 g/mol. The van der Waals surface area contributed by atoms with E-state index in [-0.39, 0.29) is 40.2 Å². The number of thiazole rings is 1. The van der Waals surface area contributed by atoms with Crippen molar-refractivity contribution in [3.63, 3.8) is 0 Å². The van der Waals surface area contributed by atoms with Gasteiger partial charge in [0.15, 0.2) is 6.61 Å². The number of alkyl halides is 3. The fraction of sp³-hybridized carbons (Fsp3) is 0.314. The molecule has 7 atom stereocenters. The van der Waals surface area contributed by atoms with Crippen LogP contribution in [0.15, 0.2) is 76.6 Å². The van der Waals surface area contributed by atoms with Gasteiger partial charge in [-0.25, -0.2) is 0 Å². The van der Waals surface area contributed by atoms with E-state index in [9.17, 15) is 32.3 Å². The number of carbonyl (C=O) groups excluding carboxylic acids is 3. The van der Waals surface area contributed by atoms with Crippen LogP contribution in [0.3, 0.4) is 0 Å². The van der Waals surface area contributed by atoms with E-state index >= 15 is 0 Å². The topological polar surface area (TPSA) is 118 Å². The number of anilines is 2. The van der Waals surface area contributed by atoms with Gasteiger partial charge in [0, 0.05) is 32.3 Å². The lowest BCUT2D eigenvalue weighted by molar-refractivity contribution is -0.137. The molecule has 50 heavy (non-hydrogen) atoms. The summed E-state index contributed by atoms with van der Waals surface area (Å²) in [7, 11) is 1.54. The SMILES string of the molecule is COc1ccc(NC(=O)COc2ccc(Cl)cc2[C@H]2c3sc(=O)[nH]c3SC3C2[C@H]2C[C@@H]3C3C(=O)N(c4cccc(C(F)(F)F)c4)C(=O)C32)cc1. The Morgan fingerprint density at radius 1 is 1.02 bits per heavy atom. The van der Waals surface area contributed by atoms with E-state index in [1.165, 1.54) is 23.9 Å². The Morgan fingerprint density at radius 2 is 1.76 bits per heavy atom. The number of carbonyl (C=O) groups is 3. The summed E-state index contributed by atoms with van der Waals surface area (Å²) in [6.45, 7) is -0.331. The van der Waals surface area contributed by atoms with Crippen molar-refractivity contribution in [2.24, 2.45) is 29.6 Å². The Labute approximate surface area is 296 Å². The van der Waals surface area contributed by atoms with Gasteiger partial charge in [-0.05, 0) is 84.8 Å². The maximum atomic E-state index is 14.1. The molecule has 8 rings (SSSR count). The summed E-state index contributed by atoms with van der Waals surface area (Å²) >= 11 is 9.07. The molecule has 1 aromatic heterocycles. The molecule has 3 aromatic carbocycles. The number of hydrogen-bond donors (Lipinski definition) is 2. The lowest BCUT2D eigenvalue weighted by atomic mass is 9.68. The Bertz CT molecular complexity index is 2100. The molecule has 9 nitrogen and oxygen atoms in total. The zero-order valence-electron chi connectivity index (χ0n) is 26.0. The van der Waals surface area contributed by atoms with Crippen molar-refractivity contribution in [2.75, 3.05) is 23.9 Å². The van der Waals surface area contributed by atoms with Gasteiger partial charge >= 0.3 is 11.0 Å². The second-order valence-corrected chi connectivity index (χ2v) is 15.4. The molecule has 2 aliphatic heterocycles. The second kappa shape index (κ2) is 12.2. The number of imide groups is 1. The van der Waals surface area contributed by atoms with Crippen LogP contribution in [0.25, 0.3) is 0 Å². The fourth-order valence-electron chi connectivity index (χ4n) is 8.35. The molecule has 2 saturated carbocycles. The number of methoxy groups -OCH3 is 1. The predicted octanol–water partition coefficient (Wildman–Crippen LogP) is 6.81. The molecule has 2 N–H and O–H groups in total. The molecule has 4 aliphatic rings. The van der Waals surface area contributed by atoms with Crippen molar-refractivity contribution < 1.29 is 37.0 Å². The van der Waals surface area contributed by atoms with E-state index in [1.807, 2.05) is 0 Å². The highest BCUT2D eigenvalue weighted by Crippen LogP contribution is 2.69. The number of aromatic nitrogens is 1. The van der Waals surface area contributed by atoms with Crippen LogP contribution in [-0.2, 0) is 20.6 Å². The molecule has 3 amide bonds. The highest BCUT2D eigenvalue weighted by atomic mass is 35.5. The zero-order chi connectivity index (χ0) is 35.1. The standard InChI is InChI=1S/C35H27ClF3N3O6S2/c1-47-19-8-6-17(7-9-19)40-24(43)14-48-23-10-5-16(36)12-20(23)25-26-21-13-22(29(26)49-31-30(25)50-34(46)41-31)28-27(21)32(44)42(33(28)45)18-4-2-3-15(11-18)35(37,38)39/h2-12,21-22,25-29H,13-14H2,1H3,(H,40,43)(H,41,46)/t21-,22-,25-,26?,27?,28?,29?/m1/s1. The summed E-state index contributed by atoms with van der Waals surface area (Å²) in [5.74, 6) is -3.12. The third kappa shape index (κ3) is 5.39. The minimum atomic E-state index is -4.64. The molecular weight excluding hydrogens is 715 g/mol. The van der Waals surface area contributed by atoms with Gasteiger partial charge in [-0.2, -0.15) is 13.2 Å². The Kier molecular flexibility index (Phi) is 8.03. The number of halogens is 4. The fourth-order valence-corrected chi connectivity index (χ4v) is 11.4. The average molecular weight is 742 g/mol. The quantitative estimate of drug-likeness (QED) is 0.200. The van der Waals surface area contributed by atoms with Gasteiger partial charge in [-0.15, -0.1) is 11.8 Å². The molecule has 258 valence electrons. The van der Waals surface area contributed by atoms with Crippen LogP contribution in [0.4, 0.5) is 24.5 Å². The van der Waals surface area contributed by atoms with Crippen LogP contribution in [0.1, 0.15) is 28.3 Å². The van der Waals surface area contributed by atoms with E-state index in [2.05, 4.69) is 10.3 Å². The first-order valence-electron chi connectivity index (χ1n) is 15.7. The number of benzene rings is 3.